The van der Waals surface area contributed by atoms with Crippen molar-refractivity contribution in [3.05, 3.63) is 83.9 Å². The largest absolute Gasteiger partial charge is 0.360 e. The Morgan fingerprint density at radius 3 is 1.72 bits per heavy atom. The third-order valence-electron chi connectivity index (χ3n) is 4.76. The number of ether oxygens (including phenoxy) is 2. The molecule has 1 aliphatic heterocycles. The molecule has 0 aromatic heterocycles. The van der Waals surface area contributed by atoms with Gasteiger partial charge in [0.2, 0.25) is 0 Å². The Balaban J connectivity index is 1.69. The Hall–Kier alpha value is -2.76. The van der Waals surface area contributed by atoms with Crippen LogP contribution in [0.3, 0.4) is 0 Å². The van der Waals surface area contributed by atoms with Crippen molar-refractivity contribution in [2.24, 2.45) is 0 Å². The number of benzene rings is 2. The summed E-state index contributed by atoms with van der Waals surface area (Å²) in [6, 6.07) is 19.2. The zero-order valence-corrected chi connectivity index (χ0v) is 16.7. The summed E-state index contributed by atoms with van der Waals surface area (Å²) in [5, 5.41) is 0. The molecule has 5 heteroatoms. The fourth-order valence-electron chi connectivity index (χ4n) is 3.22. The summed E-state index contributed by atoms with van der Waals surface area (Å²) in [5.41, 5.74) is 1.89. The first-order chi connectivity index (χ1) is 14.2. The van der Waals surface area contributed by atoms with Crippen molar-refractivity contribution < 1.29 is 19.1 Å². The minimum atomic E-state index is -0.929. The van der Waals surface area contributed by atoms with Crippen LogP contribution in [0.1, 0.15) is 30.9 Å². The third kappa shape index (κ3) is 5.62. The zero-order valence-electron chi connectivity index (χ0n) is 16.7. The van der Waals surface area contributed by atoms with E-state index in [4.69, 9.17) is 9.47 Å². The SMILES string of the molecule is CC/C=C/CCN1C(=O)[C@H](OCc2ccccc2)[C@@H](OCc2ccccc2)C1=O. The molecule has 0 bridgehead atoms. The van der Waals surface area contributed by atoms with Gasteiger partial charge in [0, 0.05) is 6.54 Å². The smallest absolute Gasteiger partial charge is 0.261 e. The highest BCUT2D eigenvalue weighted by Gasteiger charge is 2.49. The van der Waals surface area contributed by atoms with Gasteiger partial charge in [0.15, 0.2) is 12.2 Å². The predicted octanol–water partition coefficient (Wildman–Crippen LogP) is 3.88. The fourth-order valence-corrected chi connectivity index (χ4v) is 3.22. The van der Waals surface area contributed by atoms with E-state index in [1.54, 1.807) is 0 Å². The van der Waals surface area contributed by atoms with Crippen molar-refractivity contribution in [2.75, 3.05) is 6.54 Å². The molecule has 1 fully saturated rings. The minimum Gasteiger partial charge on any atom is -0.360 e. The van der Waals surface area contributed by atoms with Gasteiger partial charge in [0.05, 0.1) is 13.2 Å². The number of allylic oxidation sites excluding steroid dienone is 1. The van der Waals surface area contributed by atoms with E-state index in [0.717, 1.165) is 17.5 Å². The van der Waals surface area contributed by atoms with Gasteiger partial charge in [0.1, 0.15) is 0 Å². The van der Waals surface area contributed by atoms with Crippen LogP contribution in [0, 0.1) is 0 Å². The second kappa shape index (κ2) is 10.7. The number of amides is 2. The van der Waals surface area contributed by atoms with Crippen molar-refractivity contribution in [3.63, 3.8) is 0 Å². The number of nitrogens with zero attached hydrogens (tertiary/aromatic N) is 1. The standard InChI is InChI=1S/C24H27NO4/c1-2-3-4-11-16-25-23(26)21(28-17-19-12-7-5-8-13-19)22(24(25)27)29-18-20-14-9-6-10-15-20/h3-10,12-15,21-22H,2,11,16-18H2,1H3/b4-3+/t21-,22-/m1/s1. The van der Waals surface area contributed by atoms with Gasteiger partial charge < -0.3 is 9.47 Å². The average Bonchev–Trinajstić information content (AvgIpc) is 2.98. The lowest BCUT2D eigenvalue weighted by atomic mass is 10.2. The number of imide groups is 1. The van der Waals surface area contributed by atoms with E-state index in [1.807, 2.05) is 79.7 Å². The molecule has 5 nitrogen and oxygen atoms in total. The first-order valence-electron chi connectivity index (χ1n) is 10.0. The molecule has 2 aromatic carbocycles. The topological polar surface area (TPSA) is 55.8 Å². The lowest BCUT2D eigenvalue weighted by Gasteiger charge is -2.17. The molecule has 1 heterocycles. The Morgan fingerprint density at radius 2 is 1.28 bits per heavy atom. The Labute approximate surface area is 171 Å². The van der Waals surface area contributed by atoms with E-state index >= 15 is 0 Å². The van der Waals surface area contributed by atoms with E-state index < -0.39 is 12.2 Å². The van der Waals surface area contributed by atoms with Crippen molar-refractivity contribution in [3.8, 4) is 0 Å². The number of rotatable bonds is 10. The Kier molecular flexibility index (Phi) is 7.73. The summed E-state index contributed by atoms with van der Waals surface area (Å²) in [6.07, 6.45) is 3.70. The lowest BCUT2D eigenvalue weighted by Crippen LogP contribution is -2.34. The molecule has 0 unspecified atom stereocenters. The third-order valence-corrected chi connectivity index (χ3v) is 4.76. The molecule has 152 valence electrons. The van der Waals surface area contributed by atoms with Crippen molar-refractivity contribution in [1.29, 1.82) is 0 Å². The second-order valence-electron chi connectivity index (χ2n) is 6.93. The molecule has 2 amide bonds. The van der Waals surface area contributed by atoms with Crippen molar-refractivity contribution in [2.45, 2.75) is 45.2 Å². The molecular formula is C24H27NO4. The van der Waals surface area contributed by atoms with E-state index in [0.29, 0.717) is 13.0 Å². The van der Waals surface area contributed by atoms with Gasteiger partial charge in [0.25, 0.3) is 11.8 Å². The van der Waals surface area contributed by atoms with Crippen LogP contribution < -0.4 is 0 Å². The zero-order chi connectivity index (χ0) is 20.5. The van der Waals surface area contributed by atoms with Gasteiger partial charge in [-0.05, 0) is 24.0 Å². The summed E-state index contributed by atoms with van der Waals surface area (Å²) in [5.74, 6) is -0.650. The summed E-state index contributed by atoms with van der Waals surface area (Å²) >= 11 is 0. The molecule has 1 saturated heterocycles. The fraction of sp³-hybridized carbons (Fsp3) is 0.333. The van der Waals surface area contributed by atoms with Crippen LogP contribution in [0.15, 0.2) is 72.8 Å². The van der Waals surface area contributed by atoms with Crippen molar-refractivity contribution >= 4 is 11.8 Å². The van der Waals surface area contributed by atoms with E-state index in [-0.39, 0.29) is 25.0 Å². The summed E-state index contributed by atoms with van der Waals surface area (Å²) in [6.45, 7) is 2.88. The van der Waals surface area contributed by atoms with Crippen LogP contribution in [0.2, 0.25) is 0 Å². The number of hydrogen-bond donors (Lipinski definition) is 0. The quantitative estimate of drug-likeness (QED) is 0.454. The van der Waals surface area contributed by atoms with Crippen LogP contribution in [0.5, 0.6) is 0 Å². The van der Waals surface area contributed by atoms with E-state index in [2.05, 4.69) is 0 Å². The van der Waals surface area contributed by atoms with Gasteiger partial charge in [-0.3, -0.25) is 14.5 Å². The minimum absolute atomic E-state index is 0.249. The van der Waals surface area contributed by atoms with Gasteiger partial charge in [-0.15, -0.1) is 0 Å². The molecule has 2 aromatic rings. The van der Waals surface area contributed by atoms with E-state index in [9.17, 15) is 9.59 Å². The van der Waals surface area contributed by atoms with Gasteiger partial charge in [-0.25, -0.2) is 0 Å². The van der Waals surface area contributed by atoms with Crippen molar-refractivity contribution in [1.82, 2.24) is 4.90 Å². The normalized spacial score (nSPS) is 19.4. The highest BCUT2D eigenvalue weighted by molar-refractivity contribution is 6.08. The van der Waals surface area contributed by atoms with Crippen LogP contribution in [-0.4, -0.2) is 35.5 Å². The highest BCUT2D eigenvalue weighted by Crippen LogP contribution is 2.23. The molecule has 29 heavy (non-hydrogen) atoms. The van der Waals surface area contributed by atoms with E-state index in [1.165, 1.54) is 4.90 Å². The molecule has 0 N–H and O–H groups in total. The maximum Gasteiger partial charge on any atom is 0.261 e. The van der Waals surface area contributed by atoms with Crippen LogP contribution in [0.4, 0.5) is 0 Å². The maximum absolute atomic E-state index is 12.9. The first-order valence-corrected chi connectivity index (χ1v) is 10.0. The summed E-state index contributed by atoms with van der Waals surface area (Å²) < 4.78 is 11.8. The van der Waals surface area contributed by atoms with Crippen LogP contribution in [-0.2, 0) is 32.3 Å². The molecule has 0 spiro atoms. The molecule has 3 rings (SSSR count). The molecule has 0 radical (unpaired) electrons. The first kappa shape index (κ1) is 21.0. The maximum atomic E-state index is 12.9. The van der Waals surface area contributed by atoms with Crippen LogP contribution >= 0.6 is 0 Å². The molecular weight excluding hydrogens is 366 g/mol. The Morgan fingerprint density at radius 1 is 0.793 bits per heavy atom. The molecule has 0 aliphatic carbocycles. The predicted molar refractivity (Wildman–Crippen MR) is 111 cm³/mol. The average molecular weight is 393 g/mol. The number of likely N-dealkylation sites (tertiary alicyclic amines) is 1. The summed E-state index contributed by atoms with van der Waals surface area (Å²) in [7, 11) is 0. The lowest BCUT2D eigenvalue weighted by molar-refractivity contribution is -0.142. The van der Waals surface area contributed by atoms with Crippen LogP contribution in [0.25, 0.3) is 0 Å². The number of carbonyl (C=O) groups is 2. The summed E-state index contributed by atoms with van der Waals surface area (Å²) in [4.78, 5) is 27.1. The Bertz CT molecular complexity index is 758. The van der Waals surface area contributed by atoms with Gasteiger partial charge in [-0.2, -0.15) is 0 Å². The molecule has 2 atom stereocenters. The highest BCUT2D eigenvalue weighted by atomic mass is 16.6. The molecule has 0 saturated carbocycles. The van der Waals surface area contributed by atoms with Gasteiger partial charge in [-0.1, -0.05) is 79.7 Å². The monoisotopic (exact) mass is 393 g/mol. The second-order valence-corrected chi connectivity index (χ2v) is 6.93. The number of hydrogen-bond acceptors (Lipinski definition) is 4. The molecule has 1 aliphatic rings. The van der Waals surface area contributed by atoms with Gasteiger partial charge >= 0.3 is 0 Å². The number of carbonyl (C=O) groups excluding carboxylic acids is 2.